The second-order valence-electron chi connectivity index (χ2n) is 4.00. The number of benzene rings is 1. The van der Waals surface area contributed by atoms with Gasteiger partial charge in [0.2, 0.25) is 10.0 Å². The molecule has 0 unspecified atom stereocenters. The van der Waals surface area contributed by atoms with E-state index < -0.39 is 10.0 Å². The zero-order valence-electron chi connectivity index (χ0n) is 9.02. The van der Waals surface area contributed by atoms with E-state index in [2.05, 4.69) is 11.0 Å². The molecule has 1 aromatic rings. The maximum absolute atomic E-state index is 11.2. The van der Waals surface area contributed by atoms with Crippen LogP contribution in [0, 0.1) is 6.07 Å². The van der Waals surface area contributed by atoms with Crippen molar-refractivity contribution in [2.45, 2.75) is 24.2 Å². The van der Waals surface area contributed by atoms with Crippen LogP contribution < -0.4 is 10.0 Å². The van der Waals surface area contributed by atoms with Gasteiger partial charge in [-0.2, -0.15) is 0 Å². The van der Waals surface area contributed by atoms with Crippen molar-refractivity contribution in [1.82, 2.24) is 0 Å². The molecule has 2 N–H and O–H groups in total. The zero-order valence-corrected chi connectivity index (χ0v) is 9.83. The molecule has 87 valence electrons. The van der Waals surface area contributed by atoms with Crippen molar-refractivity contribution in [3.05, 3.63) is 24.3 Å². The van der Waals surface area contributed by atoms with Gasteiger partial charge in [-0.3, -0.25) is 0 Å². The fourth-order valence-corrected chi connectivity index (χ4v) is 2.46. The summed E-state index contributed by atoms with van der Waals surface area (Å²) in [5, 5.41) is 5.08. The van der Waals surface area contributed by atoms with E-state index in [0.717, 1.165) is 31.6 Å². The summed E-state index contributed by atoms with van der Waals surface area (Å²) in [5.74, 6) is 0. The fourth-order valence-electron chi connectivity index (χ4n) is 1.95. The highest BCUT2D eigenvalue weighted by molar-refractivity contribution is 7.89. The van der Waals surface area contributed by atoms with Crippen molar-refractivity contribution in [2.24, 2.45) is 5.14 Å². The SMILES string of the molecule is NS(=O)(=O)c1[c]ccc(N2CCCCC2)c1. The standard InChI is InChI=1S/C11H15N2O2S/c12-16(14,15)11-6-4-5-10(9-11)13-7-2-1-3-8-13/h4-5,9H,1-3,7-8H2,(H2,12,14,15). The lowest BCUT2D eigenvalue weighted by molar-refractivity contribution is 0.577. The largest absolute Gasteiger partial charge is 0.372 e. The smallest absolute Gasteiger partial charge is 0.238 e. The minimum Gasteiger partial charge on any atom is -0.372 e. The van der Waals surface area contributed by atoms with Crippen LogP contribution in [0.4, 0.5) is 5.69 Å². The molecule has 1 aromatic carbocycles. The third kappa shape index (κ3) is 2.54. The highest BCUT2D eigenvalue weighted by Crippen LogP contribution is 2.21. The molecule has 0 aromatic heterocycles. The maximum Gasteiger partial charge on any atom is 0.238 e. The highest BCUT2D eigenvalue weighted by Gasteiger charge is 2.14. The summed E-state index contributed by atoms with van der Waals surface area (Å²) in [7, 11) is -3.65. The highest BCUT2D eigenvalue weighted by atomic mass is 32.2. The van der Waals surface area contributed by atoms with E-state index in [-0.39, 0.29) is 4.90 Å². The monoisotopic (exact) mass is 239 g/mol. The summed E-state index contributed by atoms with van der Waals surface area (Å²) in [5.41, 5.74) is 0.919. The molecular weight excluding hydrogens is 224 g/mol. The van der Waals surface area contributed by atoms with Gasteiger partial charge in [-0.25, -0.2) is 13.6 Å². The maximum atomic E-state index is 11.2. The number of sulfonamides is 1. The van der Waals surface area contributed by atoms with E-state index in [1.54, 1.807) is 12.1 Å². The van der Waals surface area contributed by atoms with Crippen LogP contribution in [0.15, 0.2) is 23.1 Å². The third-order valence-corrected chi connectivity index (χ3v) is 3.64. The van der Waals surface area contributed by atoms with E-state index in [9.17, 15) is 8.42 Å². The second-order valence-corrected chi connectivity index (χ2v) is 5.53. The first-order valence-corrected chi connectivity index (χ1v) is 6.91. The molecule has 1 fully saturated rings. The summed E-state index contributed by atoms with van der Waals surface area (Å²) in [6.45, 7) is 1.96. The third-order valence-electron chi connectivity index (χ3n) is 2.79. The van der Waals surface area contributed by atoms with Crippen LogP contribution in [0.1, 0.15) is 19.3 Å². The van der Waals surface area contributed by atoms with Crippen molar-refractivity contribution in [3.8, 4) is 0 Å². The lowest BCUT2D eigenvalue weighted by Crippen LogP contribution is -2.29. The molecule has 16 heavy (non-hydrogen) atoms. The normalized spacial score (nSPS) is 17.4. The quantitative estimate of drug-likeness (QED) is 0.841. The van der Waals surface area contributed by atoms with E-state index in [1.165, 1.54) is 6.42 Å². The molecule has 1 radical (unpaired) electrons. The van der Waals surface area contributed by atoms with E-state index in [4.69, 9.17) is 5.14 Å². The van der Waals surface area contributed by atoms with Gasteiger partial charge in [-0.15, -0.1) is 0 Å². The summed E-state index contributed by atoms with van der Waals surface area (Å²) in [6, 6.07) is 7.74. The number of anilines is 1. The number of hydrogen-bond donors (Lipinski definition) is 1. The predicted molar refractivity (Wildman–Crippen MR) is 62.7 cm³/mol. The van der Waals surface area contributed by atoms with Crippen molar-refractivity contribution >= 4 is 15.7 Å². The Balaban J connectivity index is 2.28. The number of hydrogen-bond acceptors (Lipinski definition) is 3. The van der Waals surface area contributed by atoms with E-state index in [1.807, 2.05) is 6.07 Å². The molecule has 0 atom stereocenters. The summed E-state index contributed by atoms with van der Waals surface area (Å²) in [4.78, 5) is 2.25. The Bertz CT molecular complexity index is 465. The van der Waals surface area contributed by atoms with Crippen LogP contribution >= 0.6 is 0 Å². The number of rotatable bonds is 2. The van der Waals surface area contributed by atoms with Crippen LogP contribution in [0.3, 0.4) is 0 Å². The average molecular weight is 239 g/mol. The molecule has 4 nitrogen and oxygen atoms in total. The molecule has 1 aliphatic heterocycles. The van der Waals surface area contributed by atoms with Gasteiger partial charge < -0.3 is 4.90 Å². The van der Waals surface area contributed by atoms with Gasteiger partial charge in [0.25, 0.3) is 0 Å². The lowest BCUT2D eigenvalue weighted by atomic mass is 10.1. The first-order valence-electron chi connectivity index (χ1n) is 5.37. The van der Waals surface area contributed by atoms with Crippen LogP contribution in [-0.4, -0.2) is 21.5 Å². The van der Waals surface area contributed by atoms with Crippen molar-refractivity contribution < 1.29 is 8.42 Å². The van der Waals surface area contributed by atoms with Crippen LogP contribution in [0.2, 0.25) is 0 Å². The lowest BCUT2D eigenvalue weighted by Gasteiger charge is -2.28. The van der Waals surface area contributed by atoms with E-state index in [0.29, 0.717) is 0 Å². The zero-order chi connectivity index (χ0) is 11.6. The first-order chi connectivity index (χ1) is 7.57. The Morgan fingerprint density at radius 3 is 2.56 bits per heavy atom. The average Bonchev–Trinajstić information content (AvgIpc) is 2.29. The van der Waals surface area contributed by atoms with Gasteiger partial charge in [-0.05, 0) is 31.4 Å². The van der Waals surface area contributed by atoms with Gasteiger partial charge in [0.15, 0.2) is 0 Å². The second kappa shape index (κ2) is 4.43. The molecule has 0 saturated carbocycles. The van der Waals surface area contributed by atoms with Crippen molar-refractivity contribution in [3.63, 3.8) is 0 Å². The van der Waals surface area contributed by atoms with Gasteiger partial charge in [-0.1, -0.05) is 6.07 Å². The van der Waals surface area contributed by atoms with Crippen LogP contribution in [-0.2, 0) is 10.0 Å². The molecule has 5 heteroatoms. The molecule has 1 heterocycles. The number of nitrogens with two attached hydrogens (primary N) is 1. The number of primary sulfonamides is 1. The molecule has 2 rings (SSSR count). The molecule has 0 aliphatic carbocycles. The number of nitrogens with zero attached hydrogens (tertiary/aromatic N) is 1. The topological polar surface area (TPSA) is 63.4 Å². The van der Waals surface area contributed by atoms with E-state index >= 15 is 0 Å². The molecular formula is C11H15N2O2S. The minimum absolute atomic E-state index is 0.0653. The van der Waals surface area contributed by atoms with Crippen molar-refractivity contribution in [2.75, 3.05) is 18.0 Å². The fraction of sp³-hybridized carbons (Fsp3) is 0.455. The van der Waals surface area contributed by atoms with Gasteiger partial charge in [0, 0.05) is 24.8 Å². The summed E-state index contributed by atoms with van der Waals surface area (Å²) < 4.78 is 22.4. The Kier molecular flexibility index (Phi) is 3.16. The van der Waals surface area contributed by atoms with Crippen molar-refractivity contribution in [1.29, 1.82) is 0 Å². The Hall–Kier alpha value is -1.07. The summed E-state index contributed by atoms with van der Waals surface area (Å²) >= 11 is 0. The Labute approximate surface area is 96.1 Å². The molecule has 0 spiro atoms. The van der Waals surface area contributed by atoms with Crippen LogP contribution in [0.5, 0.6) is 0 Å². The first kappa shape index (κ1) is 11.4. The predicted octanol–water partition coefficient (Wildman–Crippen LogP) is 1.12. The molecule has 1 saturated heterocycles. The van der Waals surface area contributed by atoms with Crippen LogP contribution in [0.25, 0.3) is 0 Å². The number of piperidine rings is 1. The van der Waals surface area contributed by atoms with Gasteiger partial charge in [0.1, 0.15) is 0 Å². The Morgan fingerprint density at radius 1 is 1.25 bits per heavy atom. The molecule has 0 bridgehead atoms. The Morgan fingerprint density at radius 2 is 1.94 bits per heavy atom. The minimum atomic E-state index is -3.65. The molecule has 1 aliphatic rings. The van der Waals surface area contributed by atoms with Gasteiger partial charge in [0.05, 0.1) is 4.90 Å². The van der Waals surface area contributed by atoms with Gasteiger partial charge >= 0.3 is 0 Å². The summed E-state index contributed by atoms with van der Waals surface area (Å²) in [6.07, 6.45) is 3.56. The molecule has 0 amide bonds.